The number of methoxy groups -OCH3 is 1. The van der Waals surface area contributed by atoms with Crippen LogP contribution in [0.1, 0.15) is 4.11 Å². The topological polar surface area (TPSA) is 97.4 Å². The minimum Gasteiger partial charge on any atom is -0.494 e. The molecule has 2 aromatic heterocycles. The molecule has 4 aromatic rings. The van der Waals surface area contributed by atoms with Crippen LogP contribution in [0, 0.1) is 11.6 Å². The Balaban J connectivity index is 1.73. The van der Waals surface area contributed by atoms with Crippen LogP contribution in [0.5, 0.6) is 5.75 Å². The zero-order valence-electron chi connectivity index (χ0n) is 22.8. The molecule has 0 aliphatic rings. The van der Waals surface area contributed by atoms with Crippen molar-refractivity contribution in [2.45, 2.75) is 0 Å². The molecule has 184 valence electrons. The van der Waals surface area contributed by atoms with E-state index >= 15 is 0 Å². The van der Waals surface area contributed by atoms with E-state index in [9.17, 15) is 8.78 Å². The quantitative estimate of drug-likeness (QED) is 0.365. The van der Waals surface area contributed by atoms with E-state index in [4.69, 9.17) is 14.6 Å². The summed E-state index contributed by atoms with van der Waals surface area (Å²) < 4.78 is 58.5. The summed E-state index contributed by atoms with van der Waals surface area (Å²) in [6.07, 6.45) is 1.39. The fraction of sp³-hybridized carbons (Fsp3) is 0.292. The van der Waals surface area contributed by atoms with Crippen LogP contribution in [0.2, 0.25) is 0 Å². The van der Waals surface area contributed by atoms with Crippen molar-refractivity contribution in [1.29, 1.82) is 0 Å². The zero-order chi connectivity index (χ0) is 27.8. The largest absolute Gasteiger partial charge is 0.494 e. The maximum atomic E-state index is 14.6. The highest BCUT2D eigenvalue weighted by molar-refractivity contribution is 5.81. The lowest BCUT2D eigenvalue weighted by atomic mass is 10.2. The van der Waals surface area contributed by atoms with Crippen LogP contribution < -0.4 is 20.7 Å². The number of nitrogens with two attached hydrogens (primary N) is 1. The average molecular weight is 486 g/mol. The summed E-state index contributed by atoms with van der Waals surface area (Å²) in [5, 5.41) is 3.04. The molecule has 3 N–H and O–H groups in total. The maximum Gasteiger partial charge on any atom is 0.227 e. The highest BCUT2D eigenvalue weighted by Gasteiger charge is 2.17. The van der Waals surface area contributed by atoms with E-state index in [1.54, 1.807) is 12.1 Å². The van der Waals surface area contributed by atoms with Gasteiger partial charge in [0.15, 0.2) is 11.6 Å². The SMILES string of the molecule is [2H]C([2H])([2H])n1c(-c2ccnc(Nc3cc(N)c(N(C)CCN(C)C)cc3OC)n2)nc2cc(F)cc(F)c21. The fourth-order valence-electron chi connectivity index (χ4n) is 3.62. The number of nitrogen functional groups attached to an aromatic ring is 1. The molecule has 0 amide bonds. The number of nitrogens with zero attached hydrogens (tertiary/aromatic N) is 6. The van der Waals surface area contributed by atoms with E-state index in [-0.39, 0.29) is 28.5 Å². The Hall–Kier alpha value is -3.99. The number of rotatable bonds is 8. The number of aromatic nitrogens is 4. The van der Waals surface area contributed by atoms with Gasteiger partial charge in [-0.25, -0.2) is 23.7 Å². The predicted octanol–water partition coefficient (Wildman–Crippen LogP) is 3.64. The smallest absolute Gasteiger partial charge is 0.227 e. The molecular formula is C24H28F2N8O. The molecule has 0 bridgehead atoms. The number of hydrogen-bond donors (Lipinski definition) is 2. The van der Waals surface area contributed by atoms with Crippen molar-refractivity contribution in [2.24, 2.45) is 6.98 Å². The second-order valence-corrected chi connectivity index (χ2v) is 8.25. The molecule has 0 aliphatic heterocycles. The van der Waals surface area contributed by atoms with Crippen molar-refractivity contribution in [1.82, 2.24) is 24.4 Å². The van der Waals surface area contributed by atoms with Crippen molar-refractivity contribution in [3.8, 4) is 17.3 Å². The molecular weight excluding hydrogens is 454 g/mol. The molecule has 0 saturated heterocycles. The number of likely N-dealkylation sites (N-methyl/N-ethyl adjacent to an activating group) is 2. The van der Waals surface area contributed by atoms with Gasteiger partial charge < -0.3 is 30.2 Å². The highest BCUT2D eigenvalue weighted by atomic mass is 19.1. The lowest BCUT2D eigenvalue weighted by Crippen LogP contribution is -2.29. The Labute approximate surface area is 206 Å². The number of halogens is 2. The summed E-state index contributed by atoms with van der Waals surface area (Å²) in [7, 11) is 7.42. The van der Waals surface area contributed by atoms with Crippen LogP contribution in [-0.4, -0.2) is 65.8 Å². The van der Waals surface area contributed by atoms with E-state index in [1.165, 1.54) is 19.4 Å². The lowest BCUT2D eigenvalue weighted by Gasteiger charge is -2.24. The van der Waals surface area contributed by atoms with Gasteiger partial charge in [-0.2, -0.15) is 0 Å². The fourth-order valence-corrected chi connectivity index (χ4v) is 3.62. The van der Waals surface area contributed by atoms with Gasteiger partial charge in [0.05, 0.1) is 29.7 Å². The average Bonchev–Trinajstić information content (AvgIpc) is 3.23. The van der Waals surface area contributed by atoms with Gasteiger partial charge in [0.2, 0.25) is 5.95 Å². The minimum atomic E-state index is -2.81. The van der Waals surface area contributed by atoms with E-state index < -0.39 is 18.6 Å². The number of anilines is 4. The number of aryl methyl sites for hydroxylation is 1. The van der Waals surface area contributed by atoms with Gasteiger partial charge in [-0.3, -0.25) is 0 Å². The van der Waals surface area contributed by atoms with Crippen LogP contribution >= 0.6 is 0 Å². The van der Waals surface area contributed by atoms with Crippen molar-refractivity contribution < 1.29 is 17.6 Å². The van der Waals surface area contributed by atoms with E-state index in [2.05, 4.69) is 25.2 Å². The molecule has 0 spiro atoms. The van der Waals surface area contributed by atoms with Gasteiger partial charge in [-0.1, -0.05) is 0 Å². The lowest BCUT2D eigenvalue weighted by molar-refractivity contribution is 0.413. The first-order valence-electron chi connectivity index (χ1n) is 12.2. The Kier molecular flexibility index (Phi) is 5.65. The number of hydrogen-bond acceptors (Lipinski definition) is 8. The summed E-state index contributed by atoms with van der Waals surface area (Å²) in [6, 6.07) is 6.49. The minimum absolute atomic E-state index is 0.0848. The van der Waals surface area contributed by atoms with Gasteiger partial charge in [-0.05, 0) is 26.2 Å². The summed E-state index contributed by atoms with van der Waals surface area (Å²) in [4.78, 5) is 16.8. The van der Waals surface area contributed by atoms with Crippen LogP contribution in [-0.2, 0) is 6.98 Å². The van der Waals surface area contributed by atoms with Crippen LogP contribution in [0.4, 0.5) is 31.8 Å². The summed E-state index contributed by atoms with van der Waals surface area (Å²) in [5.74, 6) is -1.52. The van der Waals surface area contributed by atoms with Gasteiger partial charge >= 0.3 is 0 Å². The molecule has 11 heteroatoms. The van der Waals surface area contributed by atoms with Crippen molar-refractivity contribution >= 4 is 34.0 Å². The van der Waals surface area contributed by atoms with Crippen LogP contribution in [0.25, 0.3) is 22.6 Å². The molecule has 9 nitrogen and oxygen atoms in total. The second-order valence-electron chi connectivity index (χ2n) is 8.25. The van der Waals surface area contributed by atoms with Crippen LogP contribution in [0.3, 0.4) is 0 Å². The number of nitrogens with one attached hydrogen (secondary N) is 1. The molecule has 35 heavy (non-hydrogen) atoms. The van der Waals surface area contributed by atoms with Gasteiger partial charge in [0.25, 0.3) is 0 Å². The van der Waals surface area contributed by atoms with E-state index in [0.29, 0.717) is 23.2 Å². The molecule has 0 saturated carbocycles. The predicted molar refractivity (Wildman–Crippen MR) is 134 cm³/mol. The normalized spacial score (nSPS) is 12.9. The summed E-state index contributed by atoms with van der Waals surface area (Å²) >= 11 is 0. The van der Waals surface area contributed by atoms with Crippen molar-refractivity contribution in [2.75, 3.05) is 57.3 Å². The summed E-state index contributed by atoms with van der Waals surface area (Å²) in [6.45, 7) is -1.24. The highest BCUT2D eigenvalue weighted by Crippen LogP contribution is 2.36. The maximum absolute atomic E-state index is 14.6. The van der Waals surface area contributed by atoms with Crippen LogP contribution in [0.15, 0.2) is 36.5 Å². The Morgan fingerprint density at radius 2 is 1.94 bits per heavy atom. The third-order valence-corrected chi connectivity index (χ3v) is 5.44. The molecule has 0 unspecified atom stereocenters. The Morgan fingerprint density at radius 1 is 1.14 bits per heavy atom. The molecule has 2 heterocycles. The monoisotopic (exact) mass is 485 g/mol. The van der Waals surface area contributed by atoms with Crippen molar-refractivity contribution in [3.63, 3.8) is 0 Å². The van der Waals surface area contributed by atoms with E-state index in [0.717, 1.165) is 29.4 Å². The molecule has 0 atom stereocenters. The molecule has 4 rings (SSSR count). The Bertz CT molecular complexity index is 1480. The number of ether oxygens (including phenoxy) is 1. The molecule has 0 radical (unpaired) electrons. The zero-order valence-corrected chi connectivity index (χ0v) is 19.8. The van der Waals surface area contributed by atoms with Crippen molar-refractivity contribution in [3.05, 3.63) is 48.2 Å². The molecule has 0 fully saturated rings. The van der Waals surface area contributed by atoms with Gasteiger partial charge in [0, 0.05) is 55.6 Å². The third-order valence-electron chi connectivity index (χ3n) is 5.44. The number of fused-ring (bicyclic) bond motifs is 1. The first-order chi connectivity index (χ1) is 17.9. The van der Waals surface area contributed by atoms with Gasteiger partial charge in [-0.15, -0.1) is 0 Å². The molecule has 0 aliphatic carbocycles. The first-order valence-corrected chi connectivity index (χ1v) is 10.7. The second kappa shape index (κ2) is 9.71. The van der Waals surface area contributed by atoms with Gasteiger partial charge in [0.1, 0.15) is 22.8 Å². The summed E-state index contributed by atoms with van der Waals surface area (Å²) in [5.41, 5.74) is 7.67. The number of imidazole rings is 1. The standard InChI is InChI=1S/C24H28F2N8O/c1-32(2)8-9-33(3)20-13-21(35-5)18(12-16(20)27)31-24-28-7-6-17(30-24)23-29-19-11-14(25)10-15(26)22(19)34(23)4/h6-7,10-13H,8-9,27H2,1-5H3,(H,28,30,31)/i4D3. The first kappa shape index (κ1) is 20.4. The Morgan fingerprint density at radius 3 is 2.66 bits per heavy atom. The molecule has 2 aromatic carbocycles. The van der Waals surface area contributed by atoms with E-state index in [1.807, 2.05) is 26.0 Å². The number of benzene rings is 2. The third kappa shape index (κ3) is 4.94.